The van der Waals surface area contributed by atoms with Crippen molar-refractivity contribution in [3.05, 3.63) is 10.4 Å². The van der Waals surface area contributed by atoms with Crippen LogP contribution in [0, 0.1) is 6.92 Å². The van der Waals surface area contributed by atoms with Gasteiger partial charge in [-0.05, 0) is 6.92 Å². The van der Waals surface area contributed by atoms with Crippen molar-refractivity contribution in [3.8, 4) is 0 Å². The van der Waals surface area contributed by atoms with Crippen LogP contribution in [0.5, 0.6) is 0 Å². The lowest BCUT2D eigenvalue weighted by Gasteiger charge is -1.77. The maximum Gasteiger partial charge on any atom is 0.136 e. The molecule has 0 aliphatic carbocycles. The number of anilines is 1. The van der Waals surface area contributed by atoms with Gasteiger partial charge in [0, 0.05) is 5.38 Å². The van der Waals surface area contributed by atoms with Crippen LogP contribution in [0.2, 0.25) is 0 Å². The van der Waals surface area contributed by atoms with Crippen molar-refractivity contribution in [2.45, 2.75) is 6.92 Å². The van der Waals surface area contributed by atoms with Crippen LogP contribution in [0.1, 0.15) is 5.01 Å². The Kier molecular flexibility index (Phi) is 1.18. The van der Waals surface area contributed by atoms with Gasteiger partial charge in [0.1, 0.15) is 4.83 Å². The van der Waals surface area contributed by atoms with Crippen LogP contribution in [0.3, 0.4) is 0 Å². The summed E-state index contributed by atoms with van der Waals surface area (Å²) in [7, 11) is 0. The first-order chi connectivity index (χ1) is 4.77. The van der Waals surface area contributed by atoms with E-state index in [9.17, 15) is 0 Å². The molecular weight excluding hydrogens is 164 g/mol. The van der Waals surface area contributed by atoms with Gasteiger partial charge in [0.25, 0.3) is 0 Å². The standard InChI is InChI=1S/C6H6N2S2/c1-3-8-6-5(10-3)4(7)2-9-6/h2H,7H2,1H3. The van der Waals surface area contributed by atoms with Gasteiger partial charge in [-0.15, -0.1) is 22.7 Å². The van der Waals surface area contributed by atoms with E-state index in [1.54, 1.807) is 22.7 Å². The summed E-state index contributed by atoms with van der Waals surface area (Å²) >= 11 is 3.27. The molecule has 10 heavy (non-hydrogen) atoms. The highest BCUT2D eigenvalue weighted by molar-refractivity contribution is 7.27. The maximum atomic E-state index is 5.67. The zero-order valence-corrected chi connectivity index (χ0v) is 7.05. The van der Waals surface area contributed by atoms with Gasteiger partial charge < -0.3 is 5.73 Å². The van der Waals surface area contributed by atoms with Gasteiger partial charge in [0.05, 0.1) is 15.4 Å². The van der Waals surface area contributed by atoms with Gasteiger partial charge in [-0.3, -0.25) is 0 Å². The predicted octanol–water partition coefficient (Wildman–Crippen LogP) is 2.25. The summed E-state index contributed by atoms with van der Waals surface area (Å²) in [6.07, 6.45) is 0. The Balaban J connectivity index is 2.90. The fourth-order valence-corrected chi connectivity index (χ4v) is 2.76. The number of thiophene rings is 1. The number of rotatable bonds is 0. The molecule has 0 radical (unpaired) electrons. The molecule has 0 saturated carbocycles. The Morgan fingerprint density at radius 2 is 2.40 bits per heavy atom. The second-order valence-electron chi connectivity index (χ2n) is 2.06. The lowest BCUT2D eigenvalue weighted by molar-refractivity contribution is 1.36. The summed E-state index contributed by atoms with van der Waals surface area (Å²) in [5.41, 5.74) is 6.54. The van der Waals surface area contributed by atoms with Gasteiger partial charge >= 0.3 is 0 Å². The van der Waals surface area contributed by atoms with Crippen molar-refractivity contribution in [2.75, 3.05) is 5.73 Å². The summed E-state index contributed by atoms with van der Waals surface area (Å²) in [5, 5.41) is 3.03. The van der Waals surface area contributed by atoms with E-state index in [0.29, 0.717) is 0 Å². The van der Waals surface area contributed by atoms with Crippen LogP contribution in [0.25, 0.3) is 9.53 Å². The molecule has 0 amide bonds. The molecule has 2 heterocycles. The van der Waals surface area contributed by atoms with Crippen molar-refractivity contribution in [3.63, 3.8) is 0 Å². The molecule has 52 valence electrons. The first kappa shape index (κ1) is 6.12. The monoisotopic (exact) mass is 170 g/mol. The largest absolute Gasteiger partial charge is 0.397 e. The van der Waals surface area contributed by atoms with Crippen LogP contribution in [-0.4, -0.2) is 4.98 Å². The molecule has 0 fully saturated rings. The molecule has 0 atom stereocenters. The third kappa shape index (κ3) is 0.726. The molecule has 2 aromatic heterocycles. The number of aromatic nitrogens is 1. The van der Waals surface area contributed by atoms with Crippen LogP contribution < -0.4 is 5.73 Å². The first-order valence-electron chi connectivity index (χ1n) is 2.87. The molecule has 0 aliphatic heterocycles. The Bertz CT molecular complexity index is 361. The molecule has 4 heteroatoms. The Hall–Kier alpha value is -0.610. The van der Waals surface area contributed by atoms with Crippen LogP contribution in [-0.2, 0) is 0 Å². The normalized spacial score (nSPS) is 10.9. The van der Waals surface area contributed by atoms with Crippen molar-refractivity contribution < 1.29 is 0 Å². The summed E-state index contributed by atoms with van der Waals surface area (Å²) in [6.45, 7) is 2.00. The smallest absolute Gasteiger partial charge is 0.136 e. The van der Waals surface area contributed by atoms with E-state index in [4.69, 9.17) is 5.73 Å². The Morgan fingerprint density at radius 3 is 3.10 bits per heavy atom. The first-order valence-corrected chi connectivity index (χ1v) is 4.57. The zero-order chi connectivity index (χ0) is 7.14. The number of thiazole rings is 1. The number of hydrogen-bond acceptors (Lipinski definition) is 4. The average Bonchev–Trinajstić information content (AvgIpc) is 2.35. The summed E-state index contributed by atoms with van der Waals surface area (Å²) in [5.74, 6) is 0. The molecule has 0 unspecified atom stereocenters. The van der Waals surface area contributed by atoms with E-state index in [1.165, 1.54) is 0 Å². The van der Waals surface area contributed by atoms with E-state index in [0.717, 1.165) is 20.2 Å². The maximum absolute atomic E-state index is 5.67. The second kappa shape index (κ2) is 1.93. The third-order valence-corrected chi connectivity index (χ3v) is 3.30. The predicted molar refractivity (Wildman–Crippen MR) is 46.6 cm³/mol. The van der Waals surface area contributed by atoms with E-state index in [2.05, 4.69) is 4.98 Å². The van der Waals surface area contributed by atoms with Crippen molar-refractivity contribution in [2.24, 2.45) is 0 Å². The quantitative estimate of drug-likeness (QED) is 0.658. The van der Waals surface area contributed by atoms with Gasteiger partial charge in [-0.1, -0.05) is 0 Å². The van der Waals surface area contributed by atoms with Crippen LogP contribution in [0.15, 0.2) is 5.38 Å². The summed E-state index contributed by atoms with van der Waals surface area (Å²) < 4.78 is 1.14. The number of aryl methyl sites for hydroxylation is 1. The Morgan fingerprint density at radius 1 is 1.60 bits per heavy atom. The minimum atomic E-state index is 0.866. The lowest BCUT2D eigenvalue weighted by atomic mass is 10.5. The number of fused-ring (bicyclic) bond motifs is 1. The van der Waals surface area contributed by atoms with Gasteiger partial charge in [-0.25, -0.2) is 4.98 Å². The van der Waals surface area contributed by atoms with E-state index < -0.39 is 0 Å². The summed E-state index contributed by atoms with van der Waals surface area (Å²) in [4.78, 5) is 5.36. The van der Waals surface area contributed by atoms with E-state index >= 15 is 0 Å². The highest BCUT2D eigenvalue weighted by Gasteiger charge is 2.04. The van der Waals surface area contributed by atoms with E-state index in [1.807, 2.05) is 12.3 Å². The minimum Gasteiger partial charge on any atom is -0.397 e. The molecule has 0 aliphatic rings. The molecule has 2 rings (SSSR count). The highest BCUT2D eigenvalue weighted by atomic mass is 32.1. The van der Waals surface area contributed by atoms with E-state index in [-0.39, 0.29) is 0 Å². The van der Waals surface area contributed by atoms with Crippen molar-refractivity contribution >= 4 is 37.9 Å². The zero-order valence-electron chi connectivity index (χ0n) is 5.42. The van der Waals surface area contributed by atoms with Gasteiger partial charge in [-0.2, -0.15) is 0 Å². The lowest BCUT2D eigenvalue weighted by Crippen LogP contribution is -1.76. The van der Waals surface area contributed by atoms with Gasteiger partial charge in [0.2, 0.25) is 0 Å². The number of nitrogen functional groups attached to an aromatic ring is 1. The van der Waals surface area contributed by atoms with Crippen molar-refractivity contribution in [1.82, 2.24) is 4.98 Å². The third-order valence-electron chi connectivity index (χ3n) is 1.26. The number of nitrogens with two attached hydrogens (primary N) is 1. The Labute approximate surface area is 66.3 Å². The SMILES string of the molecule is Cc1nc2scc(N)c2s1. The van der Waals surface area contributed by atoms with Gasteiger partial charge in [0.15, 0.2) is 0 Å². The molecule has 2 nitrogen and oxygen atoms in total. The second-order valence-corrected chi connectivity index (χ2v) is 4.12. The molecule has 2 N–H and O–H groups in total. The fraction of sp³-hybridized carbons (Fsp3) is 0.167. The van der Waals surface area contributed by atoms with Crippen molar-refractivity contribution in [1.29, 1.82) is 0 Å². The molecule has 0 saturated heterocycles. The molecule has 2 aromatic rings. The molecule has 0 bridgehead atoms. The minimum absolute atomic E-state index is 0.866. The summed E-state index contributed by atoms with van der Waals surface area (Å²) in [6, 6.07) is 0. The number of hydrogen-bond donors (Lipinski definition) is 1. The molecule has 0 spiro atoms. The molecular formula is C6H6N2S2. The molecule has 0 aromatic carbocycles. The topological polar surface area (TPSA) is 38.9 Å². The highest BCUT2D eigenvalue weighted by Crippen LogP contribution is 2.32. The van der Waals surface area contributed by atoms with Crippen LogP contribution >= 0.6 is 22.7 Å². The van der Waals surface area contributed by atoms with Crippen LogP contribution in [0.4, 0.5) is 5.69 Å². The average molecular weight is 170 g/mol. The fourth-order valence-electron chi connectivity index (χ4n) is 0.843. The number of nitrogens with zero attached hydrogens (tertiary/aromatic N) is 1.